The van der Waals surface area contributed by atoms with E-state index in [-0.39, 0.29) is 16.9 Å². The summed E-state index contributed by atoms with van der Waals surface area (Å²) < 4.78 is 0. The second kappa shape index (κ2) is 4.92. The van der Waals surface area contributed by atoms with Crippen molar-refractivity contribution in [1.82, 2.24) is 0 Å². The zero-order valence-electron chi connectivity index (χ0n) is 14.4. The molecule has 4 aliphatic carbocycles. The van der Waals surface area contributed by atoms with Crippen molar-refractivity contribution in [2.45, 2.75) is 76.9 Å². The van der Waals surface area contributed by atoms with Crippen molar-refractivity contribution in [3.8, 4) is 0 Å². The van der Waals surface area contributed by atoms with Crippen LogP contribution in [0.3, 0.4) is 0 Å². The average molecular weight is 318 g/mol. The molecule has 0 heterocycles. The van der Waals surface area contributed by atoms with Gasteiger partial charge in [-0.1, -0.05) is 18.6 Å². The second-order valence-corrected chi connectivity index (χ2v) is 9.17. The Morgan fingerprint density at radius 1 is 1.13 bits per heavy atom. The van der Waals surface area contributed by atoms with Crippen molar-refractivity contribution in [2.24, 2.45) is 28.6 Å². The molecule has 0 aliphatic heterocycles. The van der Waals surface area contributed by atoms with Crippen LogP contribution in [-0.4, -0.2) is 28.2 Å². The highest BCUT2D eigenvalue weighted by Crippen LogP contribution is 2.66. The van der Waals surface area contributed by atoms with Crippen LogP contribution in [0.25, 0.3) is 0 Å². The summed E-state index contributed by atoms with van der Waals surface area (Å²) in [6.45, 7) is 4.29. The third-order valence-corrected chi connectivity index (χ3v) is 8.45. The standard InChI is InChI=1S/C20H30O3/c1-18-8-6-17-15(16(18)7-9-19(18,2)23)4-3-13-11-14(22)5-10-20(13,17)12-21/h3,12,14-17,22-23H,4-11H2,1-2H3/t14?,15-,16-,17+,18-,19?,20+/m0/s1. The van der Waals surface area contributed by atoms with Crippen LogP contribution in [0.2, 0.25) is 0 Å². The molecule has 3 nitrogen and oxygen atoms in total. The van der Waals surface area contributed by atoms with Gasteiger partial charge in [0.25, 0.3) is 0 Å². The van der Waals surface area contributed by atoms with Gasteiger partial charge in [-0.25, -0.2) is 0 Å². The maximum Gasteiger partial charge on any atom is 0.130 e. The topological polar surface area (TPSA) is 57.5 Å². The molecule has 0 amide bonds. The molecule has 0 radical (unpaired) electrons. The molecule has 128 valence electrons. The molecule has 3 heteroatoms. The van der Waals surface area contributed by atoms with Gasteiger partial charge in [-0.3, -0.25) is 0 Å². The number of rotatable bonds is 1. The minimum Gasteiger partial charge on any atom is -0.393 e. The summed E-state index contributed by atoms with van der Waals surface area (Å²) in [5, 5.41) is 20.9. The van der Waals surface area contributed by atoms with Gasteiger partial charge in [0.15, 0.2) is 0 Å². The van der Waals surface area contributed by atoms with Gasteiger partial charge in [0.2, 0.25) is 0 Å². The quantitative estimate of drug-likeness (QED) is 0.576. The van der Waals surface area contributed by atoms with Crippen LogP contribution >= 0.6 is 0 Å². The molecule has 4 rings (SSSR count). The molecule has 3 saturated carbocycles. The molecule has 0 spiro atoms. The molecule has 7 atom stereocenters. The number of aliphatic hydroxyl groups is 2. The van der Waals surface area contributed by atoms with Crippen molar-refractivity contribution >= 4 is 6.29 Å². The fourth-order valence-electron chi connectivity index (χ4n) is 6.81. The molecular formula is C20H30O3. The lowest BCUT2D eigenvalue weighted by molar-refractivity contribution is -0.135. The van der Waals surface area contributed by atoms with E-state index in [2.05, 4.69) is 13.0 Å². The van der Waals surface area contributed by atoms with Crippen LogP contribution in [0.4, 0.5) is 0 Å². The molecule has 0 aromatic heterocycles. The van der Waals surface area contributed by atoms with E-state index in [1.54, 1.807) is 0 Å². The SMILES string of the molecule is CC1(O)CC[C@H]2[C@@H]3CC=C4CC(O)CC[C@]4(C=O)[C@@H]3CC[C@@]21C. The molecule has 2 N–H and O–H groups in total. The number of allylic oxidation sites excluding steroid dienone is 1. The van der Waals surface area contributed by atoms with Gasteiger partial charge in [-0.05, 0) is 81.5 Å². The van der Waals surface area contributed by atoms with Crippen molar-refractivity contribution in [2.75, 3.05) is 0 Å². The van der Waals surface area contributed by atoms with E-state index >= 15 is 0 Å². The van der Waals surface area contributed by atoms with Gasteiger partial charge in [0, 0.05) is 0 Å². The van der Waals surface area contributed by atoms with E-state index in [0.29, 0.717) is 24.2 Å². The third kappa shape index (κ3) is 1.93. The predicted octanol–water partition coefficient (Wildman–Crippen LogP) is 3.24. The summed E-state index contributed by atoms with van der Waals surface area (Å²) in [6, 6.07) is 0. The van der Waals surface area contributed by atoms with Gasteiger partial charge in [-0.15, -0.1) is 0 Å². The van der Waals surface area contributed by atoms with Crippen molar-refractivity contribution in [3.05, 3.63) is 11.6 Å². The maximum atomic E-state index is 12.2. The molecule has 23 heavy (non-hydrogen) atoms. The Balaban J connectivity index is 1.72. The van der Waals surface area contributed by atoms with E-state index in [4.69, 9.17) is 0 Å². The first kappa shape index (κ1) is 15.8. The highest BCUT2D eigenvalue weighted by atomic mass is 16.3. The highest BCUT2D eigenvalue weighted by molar-refractivity contribution is 5.67. The van der Waals surface area contributed by atoms with E-state index < -0.39 is 5.60 Å². The number of carbonyl (C=O) groups is 1. The molecule has 0 aromatic carbocycles. The van der Waals surface area contributed by atoms with Crippen LogP contribution in [-0.2, 0) is 4.79 Å². The normalized spacial score (nSPS) is 55.4. The summed E-state index contributed by atoms with van der Waals surface area (Å²) in [6.07, 6.45) is 10.5. The van der Waals surface area contributed by atoms with Crippen molar-refractivity contribution in [1.29, 1.82) is 0 Å². The summed E-state index contributed by atoms with van der Waals surface area (Å²) in [4.78, 5) is 12.2. The fraction of sp³-hybridized carbons (Fsp3) is 0.850. The first-order valence-electron chi connectivity index (χ1n) is 9.40. The maximum absolute atomic E-state index is 12.2. The Hall–Kier alpha value is -0.670. The summed E-state index contributed by atoms with van der Waals surface area (Å²) >= 11 is 0. The van der Waals surface area contributed by atoms with Gasteiger partial charge in [0.05, 0.1) is 17.1 Å². The third-order valence-electron chi connectivity index (χ3n) is 8.45. The van der Waals surface area contributed by atoms with Crippen molar-refractivity contribution in [3.63, 3.8) is 0 Å². The number of hydrogen-bond donors (Lipinski definition) is 2. The lowest BCUT2D eigenvalue weighted by atomic mass is 9.47. The first-order chi connectivity index (χ1) is 10.8. The van der Waals surface area contributed by atoms with E-state index in [9.17, 15) is 15.0 Å². The average Bonchev–Trinajstić information content (AvgIpc) is 2.77. The molecule has 0 saturated heterocycles. The van der Waals surface area contributed by atoms with E-state index in [0.717, 1.165) is 44.9 Å². The first-order valence-corrected chi connectivity index (χ1v) is 9.40. The summed E-state index contributed by atoms with van der Waals surface area (Å²) in [7, 11) is 0. The smallest absolute Gasteiger partial charge is 0.130 e. The largest absolute Gasteiger partial charge is 0.393 e. The number of hydrogen-bond acceptors (Lipinski definition) is 3. The van der Waals surface area contributed by atoms with Crippen LogP contribution in [0, 0.1) is 28.6 Å². The zero-order chi connectivity index (χ0) is 16.5. The van der Waals surface area contributed by atoms with Crippen LogP contribution in [0.15, 0.2) is 11.6 Å². The molecule has 3 fully saturated rings. The molecular weight excluding hydrogens is 288 g/mol. The van der Waals surface area contributed by atoms with Gasteiger partial charge < -0.3 is 15.0 Å². The summed E-state index contributed by atoms with van der Waals surface area (Å²) in [5.41, 5.74) is 0.320. The highest BCUT2D eigenvalue weighted by Gasteiger charge is 2.62. The van der Waals surface area contributed by atoms with Crippen LogP contribution in [0.5, 0.6) is 0 Å². The number of carbonyl (C=O) groups excluding carboxylic acids is 1. The Morgan fingerprint density at radius 2 is 1.87 bits per heavy atom. The predicted molar refractivity (Wildman–Crippen MR) is 88.7 cm³/mol. The zero-order valence-corrected chi connectivity index (χ0v) is 14.4. The van der Waals surface area contributed by atoms with Crippen LogP contribution < -0.4 is 0 Å². The molecule has 0 bridgehead atoms. The Labute approximate surface area is 139 Å². The minimum absolute atomic E-state index is 0.00222. The molecule has 4 aliphatic rings. The summed E-state index contributed by atoms with van der Waals surface area (Å²) in [5.74, 6) is 1.46. The molecule has 2 unspecified atom stereocenters. The number of fused-ring (bicyclic) bond motifs is 5. The Bertz CT molecular complexity index is 551. The fourth-order valence-corrected chi connectivity index (χ4v) is 6.81. The minimum atomic E-state index is -0.566. The number of aliphatic hydroxyl groups excluding tert-OH is 1. The Kier molecular flexibility index (Phi) is 3.39. The van der Waals surface area contributed by atoms with Gasteiger partial charge >= 0.3 is 0 Å². The van der Waals surface area contributed by atoms with E-state index in [1.165, 1.54) is 11.9 Å². The van der Waals surface area contributed by atoms with Crippen LogP contribution in [0.1, 0.15) is 65.2 Å². The lowest BCUT2D eigenvalue weighted by Crippen LogP contribution is -2.55. The lowest BCUT2D eigenvalue weighted by Gasteiger charge is -2.57. The Morgan fingerprint density at radius 3 is 2.61 bits per heavy atom. The number of aldehydes is 1. The molecule has 0 aromatic rings. The van der Waals surface area contributed by atoms with Gasteiger partial charge in [-0.2, -0.15) is 0 Å². The monoisotopic (exact) mass is 318 g/mol. The van der Waals surface area contributed by atoms with Crippen molar-refractivity contribution < 1.29 is 15.0 Å². The second-order valence-electron chi connectivity index (χ2n) is 9.17. The van der Waals surface area contributed by atoms with Gasteiger partial charge in [0.1, 0.15) is 6.29 Å². The van der Waals surface area contributed by atoms with E-state index in [1.807, 2.05) is 6.92 Å².